The Balaban J connectivity index is 2.97. The first kappa shape index (κ1) is 10.3. The van der Waals surface area contributed by atoms with E-state index in [1.54, 1.807) is 6.92 Å². The molecule has 0 aliphatic rings. The number of hydrogen-bond donors (Lipinski definition) is 0. The van der Waals surface area contributed by atoms with Crippen molar-refractivity contribution in [2.75, 3.05) is 0 Å². The fourth-order valence-electron chi connectivity index (χ4n) is 1.21. The summed E-state index contributed by atoms with van der Waals surface area (Å²) in [6, 6.07) is 8.06. The topological polar surface area (TPSA) is 17.1 Å². The van der Waals surface area contributed by atoms with Gasteiger partial charge in [-0.25, -0.2) is 0 Å². The molecule has 13 heavy (non-hydrogen) atoms. The van der Waals surface area contributed by atoms with Crippen LogP contribution in [-0.2, 0) is 4.79 Å². The Morgan fingerprint density at radius 1 is 1.31 bits per heavy atom. The van der Waals surface area contributed by atoms with Crippen molar-refractivity contribution < 1.29 is 4.79 Å². The van der Waals surface area contributed by atoms with E-state index in [2.05, 4.69) is 19.9 Å². The molecule has 0 saturated heterocycles. The first-order valence-electron chi connectivity index (χ1n) is 4.38. The predicted octanol–water partition coefficient (Wildman–Crippen LogP) is 3.45. The van der Waals surface area contributed by atoms with E-state index in [4.69, 9.17) is 0 Å². The van der Waals surface area contributed by atoms with Crippen molar-refractivity contribution in [3.63, 3.8) is 0 Å². The smallest absolute Gasteiger partial charge is 0.190 e. The van der Waals surface area contributed by atoms with Gasteiger partial charge in [0.25, 0.3) is 0 Å². The molecule has 0 N–H and O–H groups in total. The number of carbonyl (C=O) groups is 1. The fraction of sp³-hybridized carbons (Fsp3) is 0.364. The number of hydrogen-bond acceptors (Lipinski definition) is 2. The van der Waals surface area contributed by atoms with Gasteiger partial charge in [-0.3, -0.25) is 4.79 Å². The van der Waals surface area contributed by atoms with Crippen molar-refractivity contribution in [1.29, 1.82) is 0 Å². The summed E-state index contributed by atoms with van der Waals surface area (Å²) in [5, 5.41) is 0.146. The van der Waals surface area contributed by atoms with Gasteiger partial charge in [0.05, 0.1) is 0 Å². The molecule has 0 atom stereocenters. The summed E-state index contributed by atoms with van der Waals surface area (Å²) < 4.78 is 0. The largest absolute Gasteiger partial charge is 0.287 e. The van der Waals surface area contributed by atoms with Crippen LogP contribution in [-0.4, -0.2) is 5.12 Å². The molecular weight excluding hydrogens is 180 g/mol. The van der Waals surface area contributed by atoms with Crippen molar-refractivity contribution in [3.8, 4) is 0 Å². The zero-order chi connectivity index (χ0) is 9.84. The van der Waals surface area contributed by atoms with Gasteiger partial charge < -0.3 is 0 Å². The first-order valence-corrected chi connectivity index (χ1v) is 5.20. The van der Waals surface area contributed by atoms with Crippen LogP contribution in [0.4, 0.5) is 0 Å². The van der Waals surface area contributed by atoms with Crippen molar-refractivity contribution in [2.45, 2.75) is 31.6 Å². The average Bonchev–Trinajstić information content (AvgIpc) is 2.03. The average molecular weight is 194 g/mol. The second kappa shape index (κ2) is 4.47. The number of benzene rings is 1. The van der Waals surface area contributed by atoms with Crippen LogP contribution in [0.1, 0.15) is 32.3 Å². The van der Waals surface area contributed by atoms with E-state index >= 15 is 0 Å². The molecule has 0 amide bonds. The lowest BCUT2D eigenvalue weighted by Gasteiger charge is -2.09. The second-order valence-electron chi connectivity index (χ2n) is 3.29. The van der Waals surface area contributed by atoms with Gasteiger partial charge in [0, 0.05) is 11.8 Å². The van der Waals surface area contributed by atoms with Gasteiger partial charge in [-0.1, -0.05) is 43.8 Å². The molecule has 0 unspecified atom stereocenters. The zero-order valence-electron chi connectivity index (χ0n) is 8.20. The Morgan fingerprint density at radius 3 is 2.46 bits per heavy atom. The lowest BCUT2D eigenvalue weighted by atomic mass is 10.0. The molecule has 0 bridgehead atoms. The Bertz CT molecular complexity index is 305. The van der Waals surface area contributed by atoms with Gasteiger partial charge in [-0.2, -0.15) is 0 Å². The summed E-state index contributed by atoms with van der Waals surface area (Å²) in [6.45, 7) is 5.88. The molecule has 0 aliphatic carbocycles. The van der Waals surface area contributed by atoms with Crippen LogP contribution in [0.3, 0.4) is 0 Å². The summed E-state index contributed by atoms with van der Waals surface area (Å²) in [5.41, 5.74) is 1.25. The molecule has 0 spiro atoms. The molecule has 70 valence electrons. The molecule has 0 aliphatic heterocycles. The van der Waals surface area contributed by atoms with E-state index in [0.717, 1.165) is 4.90 Å². The maximum atomic E-state index is 11.0. The highest BCUT2D eigenvalue weighted by Crippen LogP contribution is 2.28. The summed E-state index contributed by atoms with van der Waals surface area (Å²) in [6.07, 6.45) is 0. The number of thioether (sulfide) groups is 1. The second-order valence-corrected chi connectivity index (χ2v) is 4.51. The van der Waals surface area contributed by atoms with E-state index in [-0.39, 0.29) is 5.12 Å². The van der Waals surface area contributed by atoms with Gasteiger partial charge in [0.2, 0.25) is 0 Å². The number of carbonyl (C=O) groups excluding carboxylic acids is 1. The van der Waals surface area contributed by atoms with Gasteiger partial charge in [0.15, 0.2) is 5.12 Å². The van der Waals surface area contributed by atoms with Crippen LogP contribution in [0.15, 0.2) is 29.2 Å². The lowest BCUT2D eigenvalue weighted by molar-refractivity contribution is -0.109. The molecule has 1 aromatic carbocycles. The van der Waals surface area contributed by atoms with Crippen LogP contribution in [0, 0.1) is 0 Å². The van der Waals surface area contributed by atoms with Crippen LogP contribution < -0.4 is 0 Å². The van der Waals surface area contributed by atoms with Crippen molar-refractivity contribution >= 4 is 16.9 Å². The summed E-state index contributed by atoms with van der Waals surface area (Å²) in [4.78, 5) is 12.0. The first-order chi connectivity index (χ1) is 6.11. The molecule has 1 nitrogen and oxygen atoms in total. The van der Waals surface area contributed by atoms with Gasteiger partial charge >= 0.3 is 0 Å². The van der Waals surface area contributed by atoms with Gasteiger partial charge in [-0.15, -0.1) is 0 Å². The summed E-state index contributed by atoms with van der Waals surface area (Å²) >= 11 is 1.31. The molecule has 0 aromatic heterocycles. The Morgan fingerprint density at radius 2 is 1.92 bits per heavy atom. The third-order valence-electron chi connectivity index (χ3n) is 1.79. The highest BCUT2D eigenvalue weighted by atomic mass is 32.2. The van der Waals surface area contributed by atoms with Crippen molar-refractivity contribution in [2.24, 2.45) is 0 Å². The standard InChI is InChI=1S/C11H14OS/c1-8(2)10-6-4-5-7-11(10)13-9(3)12/h4-8H,1-3H3. The highest BCUT2D eigenvalue weighted by Gasteiger charge is 2.07. The van der Waals surface area contributed by atoms with Crippen LogP contribution in [0.25, 0.3) is 0 Å². The number of rotatable bonds is 2. The molecule has 2 heteroatoms. The Kier molecular flexibility index (Phi) is 3.55. The van der Waals surface area contributed by atoms with Crippen molar-refractivity contribution in [1.82, 2.24) is 0 Å². The maximum Gasteiger partial charge on any atom is 0.190 e. The molecule has 0 saturated carbocycles. The Hall–Kier alpha value is -0.760. The fourth-order valence-corrected chi connectivity index (χ4v) is 2.08. The van der Waals surface area contributed by atoms with Gasteiger partial charge in [0.1, 0.15) is 0 Å². The zero-order valence-corrected chi connectivity index (χ0v) is 9.02. The highest BCUT2D eigenvalue weighted by molar-refractivity contribution is 8.13. The molecule has 1 aromatic rings. The monoisotopic (exact) mass is 194 g/mol. The minimum absolute atomic E-state index is 0.146. The van der Waals surface area contributed by atoms with Gasteiger partial charge in [-0.05, 0) is 17.5 Å². The van der Waals surface area contributed by atoms with Crippen LogP contribution in [0.5, 0.6) is 0 Å². The lowest BCUT2D eigenvalue weighted by Crippen LogP contribution is -1.92. The van der Waals surface area contributed by atoms with Crippen LogP contribution in [0.2, 0.25) is 0 Å². The SMILES string of the molecule is CC(=O)Sc1ccccc1C(C)C. The molecule has 0 heterocycles. The van der Waals surface area contributed by atoms with E-state index in [1.807, 2.05) is 18.2 Å². The molecule has 1 rings (SSSR count). The maximum absolute atomic E-state index is 11.0. The van der Waals surface area contributed by atoms with Crippen LogP contribution >= 0.6 is 11.8 Å². The summed E-state index contributed by atoms with van der Waals surface area (Å²) in [5.74, 6) is 0.475. The molecule has 0 radical (unpaired) electrons. The van der Waals surface area contributed by atoms with E-state index in [9.17, 15) is 4.79 Å². The molecule has 0 fully saturated rings. The van der Waals surface area contributed by atoms with Crippen molar-refractivity contribution in [3.05, 3.63) is 29.8 Å². The third kappa shape index (κ3) is 2.88. The van der Waals surface area contributed by atoms with E-state index < -0.39 is 0 Å². The molecular formula is C11H14OS. The minimum atomic E-state index is 0.146. The summed E-state index contributed by atoms with van der Waals surface area (Å²) in [7, 11) is 0. The third-order valence-corrected chi connectivity index (χ3v) is 2.67. The predicted molar refractivity (Wildman–Crippen MR) is 57.1 cm³/mol. The minimum Gasteiger partial charge on any atom is -0.287 e. The quantitative estimate of drug-likeness (QED) is 0.671. The van der Waals surface area contributed by atoms with E-state index in [0.29, 0.717) is 5.92 Å². The van der Waals surface area contributed by atoms with E-state index in [1.165, 1.54) is 17.3 Å². The normalized spacial score (nSPS) is 10.5. The Labute approximate surface area is 83.5 Å².